The van der Waals surface area contributed by atoms with Crippen LogP contribution < -0.4 is 5.73 Å². The maximum Gasteiger partial charge on any atom is 0.0292 e. The van der Waals surface area contributed by atoms with Gasteiger partial charge in [0.15, 0.2) is 0 Å². The topological polar surface area (TPSA) is 26.0 Å². The molecule has 0 aliphatic rings. The van der Waals surface area contributed by atoms with Crippen molar-refractivity contribution in [2.45, 2.75) is 26.3 Å². The molecular formula is C20H21N. The highest BCUT2D eigenvalue weighted by Gasteiger charge is 2.08. The monoisotopic (exact) mass is 275 g/mol. The number of hydrogen-bond donors (Lipinski definition) is 1. The van der Waals surface area contributed by atoms with Crippen LogP contribution in [0.4, 0.5) is 0 Å². The molecule has 0 saturated carbocycles. The number of rotatable bonds is 3. The van der Waals surface area contributed by atoms with Crippen molar-refractivity contribution in [3.05, 3.63) is 71.8 Å². The average Bonchev–Trinajstić information content (AvgIpc) is 2.54. The smallest absolute Gasteiger partial charge is 0.0292 e. The largest absolute Gasteiger partial charge is 0.324 e. The highest BCUT2D eigenvalue weighted by atomic mass is 14.6. The van der Waals surface area contributed by atoms with Crippen molar-refractivity contribution < 1.29 is 0 Å². The second-order valence-electron chi connectivity index (χ2n) is 5.62. The van der Waals surface area contributed by atoms with Crippen LogP contribution in [0, 0.1) is 6.92 Å². The molecule has 3 aromatic rings. The van der Waals surface area contributed by atoms with E-state index in [1.54, 1.807) is 0 Å². The van der Waals surface area contributed by atoms with E-state index >= 15 is 0 Å². The minimum Gasteiger partial charge on any atom is -0.324 e. The van der Waals surface area contributed by atoms with Gasteiger partial charge in [0.05, 0.1) is 0 Å². The Bertz CT molecular complexity index is 756. The standard InChI is InChI=1S/C20H21N/c1-3-19(21)16-10-12-17(13-11-16)20-14(2)8-9-15-6-4-5-7-18(15)20/h4-13,19H,3,21H2,1-2H3. The summed E-state index contributed by atoms with van der Waals surface area (Å²) >= 11 is 0. The highest BCUT2D eigenvalue weighted by molar-refractivity contribution is 5.98. The van der Waals surface area contributed by atoms with Gasteiger partial charge in [-0.15, -0.1) is 0 Å². The molecule has 1 atom stereocenters. The summed E-state index contributed by atoms with van der Waals surface area (Å²) < 4.78 is 0. The van der Waals surface area contributed by atoms with Gasteiger partial charge in [-0.1, -0.05) is 67.6 Å². The number of hydrogen-bond acceptors (Lipinski definition) is 1. The Balaban J connectivity index is 2.14. The lowest BCUT2D eigenvalue weighted by atomic mass is 9.92. The molecule has 21 heavy (non-hydrogen) atoms. The lowest BCUT2D eigenvalue weighted by Gasteiger charge is -2.13. The van der Waals surface area contributed by atoms with E-state index in [1.165, 1.54) is 33.0 Å². The van der Waals surface area contributed by atoms with E-state index in [1.807, 2.05) is 0 Å². The summed E-state index contributed by atoms with van der Waals surface area (Å²) in [7, 11) is 0. The molecule has 0 aliphatic carbocycles. The van der Waals surface area contributed by atoms with Crippen LogP contribution in [-0.4, -0.2) is 0 Å². The van der Waals surface area contributed by atoms with Crippen LogP contribution in [0.2, 0.25) is 0 Å². The third-order valence-electron chi connectivity index (χ3n) is 4.20. The maximum absolute atomic E-state index is 6.10. The van der Waals surface area contributed by atoms with Gasteiger partial charge in [-0.25, -0.2) is 0 Å². The third-order valence-corrected chi connectivity index (χ3v) is 4.20. The Hall–Kier alpha value is -2.12. The second-order valence-corrected chi connectivity index (χ2v) is 5.62. The van der Waals surface area contributed by atoms with Crippen molar-refractivity contribution in [1.29, 1.82) is 0 Å². The molecule has 2 N–H and O–H groups in total. The minimum absolute atomic E-state index is 0.132. The first-order valence-electron chi connectivity index (χ1n) is 7.55. The van der Waals surface area contributed by atoms with Gasteiger partial charge in [0.25, 0.3) is 0 Å². The quantitative estimate of drug-likeness (QED) is 0.696. The number of benzene rings is 3. The van der Waals surface area contributed by atoms with Gasteiger partial charge in [0.1, 0.15) is 0 Å². The van der Waals surface area contributed by atoms with Gasteiger partial charge in [-0.2, -0.15) is 0 Å². The summed E-state index contributed by atoms with van der Waals surface area (Å²) in [6.45, 7) is 4.29. The van der Waals surface area contributed by atoms with Crippen LogP contribution in [0.15, 0.2) is 60.7 Å². The molecule has 0 aliphatic heterocycles. The molecule has 0 radical (unpaired) electrons. The van der Waals surface area contributed by atoms with Gasteiger partial charge in [-0.3, -0.25) is 0 Å². The first-order chi connectivity index (χ1) is 10.2. The Morgan fingerprint density at radius 1 is 0.905 bits per heavy atom. The van der Waals surface area contributed by atoms with Gasteiger partial charge in [0, 0.05) is 6.04 Å². The molecule has 0 fully saturated rings. The van der Waals surface area contributed by atoms with E-state index in [2.05, 4.69) is 74.5 Å². The van der Waals surface area contributed by atoms with Crippen LogP contribution in [0.5, 0.6) is 0 Å². The summed E-state index contributed by atoms with van der Waals surface area (Å²) in [6, 6.07) is 21.8. The van der Waals surface area contributed by atoms with Gasteiger partial charge >= 0.3 is 0 Å². The molecule has 0 bridgehead atoms. The molecular weight excluding hydrogens is 254 g/mol. The predicted octanol–water partition coefficient (Wildman–Crippen LogP) is 5.23. The van der Waals surface area contributed by atoms with Crippen molar-refractivity contribution in [1.82, 2.24) is 0 Å². The van der Waals surface area contributed by atoms with E-state index in [-0.39, 0.29) is 6.04 Å². The molecule has 0 spiro atoms. The summed E-state index contributed by atoms with van der Waals surface area (Å²) in [5, 5.41) is 2.59. The van der Waals surface area contributed by atoms with Crippen molar-refractivity contribution in [2.24, 2.45) is 5.73 Å². The van der Waals surface area contributed by atoms with Crippen LogP contribution >= 0.6 is 0 Å². The van der Waals surface area contributed by atoms with Crippen LogP contribution in [0.1, 0.15) is 30.5 Å². The Labute approximate surface area is 126 Å². The molecule has 0 saturated heterocycles. The van der Waals surface area contributed by atoms with E-state index in [0.29, 0.717) is 0 Å². The Morgan fingerprint density at radius 2 is 1.62 bits per heavy atom. The molecule has 1 unspecified atom stereocenters. The molecule has 1 heteroatoms. The normalized spacial score (nSPS) is 12.5. The van der Waals surface area contributed by atoms with Gasteiger partial charge in [-0.05, 0) is 46.4 Å². The number of aryl methyl sites for hydroxylation is 1. The molecule has 0 aromatic heterocycles. The summed E-state index contributed by atoms with van der Waals surface area (Å²) in [5.41, 5.74) is 11.2. The highest BCUT2D eigenvalue weighted by Crippen LogP contribution is 2.32. The van der Waals surface area contributed by atoms with Crippen molar-refractivity contribution >= 4 is 10.8 Å². The number of nitrogens with two attached hydrogens (primary N) is 1. The molecule has 0 amide bonds. The average molecular weight is 275 g/mol. The predicted molar refractivity (Wildman–Crippen MR) is 91.3 cm³/mol. The van der Waals surface area contributed by atoms with Crippen molar-refractivity contribution in [3.8, 4) is 11.1 Å². The third kappa shape index (κ3) is 2.57. The van der Waals surface area contributed by atoms with Crippen molar-refractivity contribution in [3.63, 3.8) is 0 Å². The zero-order chi connectivity index (χ0) is 14.8. The molecule has 1 nitrogen and oxygen atoms in total. The summed E-state index contributed by atoms with van der Waals surface area (Å²) in [5.74, 6) is 0. The second kappa shape index (κ2) is 5.71. The van der Waals surface area contributed by atoms with E-state index in [0.717, 1.165) is 6.42 Å². The number of fused-ring (bicyclic) bond motifs is 1. The van der Waals surface area contributed by atoms with E-state index < -0.39 is 0 Å². The summed E-state index contributed by atoms with van der Waals surface area (Å²) in [4.78, 5) is 0. The van der Waals surface area contributed by atoms with Crippen molar-refractivity contribution in [2.75, 3.05) is 0 Å². The van der Waals surface area contributed by atoms with E-state index in [4.69, 9.17) is 5.73 Å². The maximum atomic E-state index is 6.10. The fraction of sp³-hybridized carbons (Fsp3) is 0.200. The zero-order valence-corrected chi connectivity index (χ0v) is 12.6. The zero-order valence-electron chi connectivity index (χ0n) is 12.6. The molecule has 0 heterocycles. The van der Waals surface area contributed by atoms with Gasteiger partial charge < -0.3 is 5.73 Å². The van der Waals surface area contributed by atoms with Gasteiger partial charge in [0.2, 0.25) is 0 Å². The van der Waals surface area contributed by atoms with Crippen LogP contribution in [0.25, 0.3) is 21.9 Å². The molecule has 3 rings (SSSR count). The van der Waals surface area contributed by atoms with E-state index in [9.17, 15) is 0 Å². The first-order valence-corrected chi connectivity index (χ1v) is 7.55. The lowest BCUT2D eigenvalue weighted by Crippen LogP contribution is -2.08. The van der Waals surface area contributed by atoms with Crippen LogP contribution in [0.3, 0.4) is 0 Å². The SMILES string of the molecule is CCC(N)c1ccc(-c2c(C)ccc3ccccc23)cc1. The fourth-order valence-corrected chi connectivity index (χ4v) is 2.90. The fourth-order valence-electron chi connectivity index (χ4n) is 2.90. The molecule has 3 aromatic carbocycles. The Morgan fingerprint density at radius 3 is 2.33 bits per heavy atom. The first kappa shape index (κ1) is 13.8. The lowest BCUT2D eigenvalue weighted by molar-refractivity contribution is 0.699. The summed E-state index contributed by atoms with van der Waals surface area (Å²) in [6.07, 6.45) is 0.965. The van der Waals surface area contributed by atoms with Crippen LogP contribution in [-0.2, 0) is 0 Å². The minimum atomic E-state index is 0.132. The Kier molecular flexibility index (Phi) is 3.76. The molecule has 106 valence electrons.